The van der Waals surface area contributed by atoms with E-state index in [4.69, 9.17) is 24.8 Å². The number of ether oxygens (including phenoxy) is 3. The van der Waals surface area contributed by atoms with Crippen molar-refractivity contribution in [1.29, 1.82) is 0 Å². The summed E-state index contributed by atoms with van der Waals surface area (Å²) in [7, 11) is 0. The van der Waals surface area contributed by atoms with Gasteiger partial charge in [0.1, 0.15) is 0 Å². The van der Waals surface area contributed by atoms with E-state index in [9.17, 15) is 9.59 Å². The van der Waals surface area contributed by atoms with Crippen LogP contribution in [0.4, 0.5) is 0 Å². The molecule has 0 unspecified atom stereocenters. The van der Waals surface area contributed by atoms with E-state index in [0.717, 1.165) is 44.9 Å². The molecule has 0 aromatic carbocycles. The third-order valence-electron chi connectivity index (χ3n) is 6.22. The summed E-state index contributed by atoms with van der Waals surface area (Å²) in [5.41, 5.74) is 7.13. The molecule has 0 saturated heterocycles. The molecule has 0 fully saturated rings. The van der Waals surface area contributed by atoms with Crippen LogP contribution in [0.1, 0.15) is 91.9 Å². The molecule has 1 amide bonds. The van der Waals surface area contributed by atoms with E-state index in [-0.39, 0.29) is 5.91 Å². The third kappa shape index (κ3) is 19.3. The average molecular weight is 515 g/mol. The fourth-order valence-corrected chi connectivity index (χ4v) is 3.58. The molecule has 0 spiro atoms. The zero-order valence-corrected chi connectivity index (χ0v) is 23.1. The first kappa shape index (κ1) is 34.1. The number of unbranched alkanes of at least 4 members (excludes halogenated alkanes) is 7. The second-order valence-electron chi connectivity index (χ2n) is 10.4. The molecule has 10 nitrogen and oxygen atoms in total. The minimum Gasteiger partial charge on any atom is -0.481 e. The minimum absolute atomic E-state index is 0.0597. The number of aliphatic carboxylic acids is 1. The van der Waals surface area contributed by atoms with E-state index < -0.39 is 16.8 Å². The van der Waals surface area contributed by atoms with Crippen LogP contribution in [0.3, 0.4) is 0 Å². The van der Waals surface area contributed by atoms with Gasteiger partial charge in [-0.15, -0.1) is 0 Å². The number of hydrogen-bond donors (Lipinski definition) is 2. The van der Waals surface area contributed by atoms with Crippen LogP contribution in [-0.4, -0.2) is 69.7 Å². The molecule has 10 heteroatoms. The Morgan fingerprint density at radius 3 is 1.69 bits per heavy atom. The lowest BCUT2D eigenvalue weighted by Gasteiger charge is -2.23. The Hall–Kier alpha value is -1.87. The van der Waals surface area contributed by atoms with Gasteiger partial charge in [0.05, 0.1) is 45.1 Å². The van der Waals surface area contributed by atoms with Crippen molar-refractivity contribution in [2.45, 2.75) is 91.9 Å². The molecule has 36 heavy (non-hydrogen) atoms. The van der Waals surface area contributed by atoms with Gasteiger partial charge in [-0.3, -0.25) is 9.59 Å². The summed E-state index contributed by atoms with van der Waals surface area (Å²) in [6.45, 7) is 11.0. The molecule has 0 heterocycles. The van der Waals surface area contributed by atoms with Gasteiger partial charge >= 0.3 is 5.97 Å². The van der Waals surface area contributed by atoms with Crippen LogP contribution in [0.25, 0.3) is 10.4 Å². The van der Waals surface area contributed by atoms with E-state index >= 15 is 0 Å². The molecule has 210 valence electrons. The summed E-state index contributed by atoms with van der Waals surface area (Å²) in [6.07, 6.45) is 10.6. The maximum atomic E-state index is 12.5. The summed E-state index contributed by atoms with van der Waals surface area (Å²) in [5, 5.41) is 15.5. The lowest BCUT2D eigenvalue weighted by molar-refractivity contribution is -0.147. The monoisotopic (exact) mass is 514 g/mol. The molecule has 0 rings (SSSR count). The van der Waals surface area contributed by atoms with Crippen LogP contribution < -0.4 is 5.32 Å². The highest BCUT2D eigenvalue weighted by molar-refractivity contribution is 5.81. The quantitative estimate of drug-likeness (QED) is 0.0712. The second-order valence-corrected chi connectivity index (χ2v) is 10.4. The fraction of sp³-hybridized carbons (Fsp3) is 0.923. The SMILES string of the molecule is CC(C)(CCCCCCCCCCC(C)(C)C(=O)NCCOCCOCCOCCN=[N+]=[N-])C(=O)O. The topological polar surface area (TPSA) is 143 Å². The Morgan fingerprint density at radius 1 is 0.750 bits per heavy atom. The third-order valence-corrected chi connectivity index (χ3v) is 6.22. The van der Waals surface area contributed by atoms with Crippen LogP contribution in [0, 0.1) is 10.8 Å². The van der Waals surface area contributed by atoms with E-state index in [2.05, 4.69) is 15.3 Å². The molecule has 0 atom stereocenters. The molecular formula is C26H50N4O6. The zero-order valence-electron chi connectivity index (χ0n) is 23.1. The van der Waals surface area contributed by atoms with Crippen LogP contribution in [0.2, 0.25) is 0 Å². The number of amides is 1. The molecule has 0 radical (unpaired) electrons. The number of carboxylic acid groups (broad SMARTS) is 1. The molecule has 0 saturated carbocycles. The van der Waals surface area contributed by atoms with Gasteiger partial charge in [0, 0.05) is 23.4 Å². The van der Waals surface area contributed by atoms with Crippen molar-refractivity contribution in [3.05, 3.63) is 10.4 Å². The minimum atomic E-state index is -0.714. The number of nitrogens with zero attached hydrogens (tertiary/aromatic N) is 3. The Kier molecular flexibility index (Phi) is 20.1. The molecule has 0 aliphatic rings. The van der Waals surface area contributed by atoms with Crippen molar-refractivity contribution < 1.29 is 28.9 Å². The highest BCUT2D eigenvalue weighted by Gasteiger charge is 2.27. The van der Waals surface area contributed by atoms with Crippen LogP contribution >= 0.6 is 0 Å². The highest BCUT2D eigenvalue weighted by Crippen LogP contribution is 2.25. The Balaban J connectivity index is 3.57. The van der Waals surface area contributed by atoms with Gasteiger partial charge in [0.25, 0.3) is 0 Å². The van der Waals surface area contributed by atoms with Gasteiger partial charge in [0.2, 0.25) is 5.91 Å². The van der Waals surface area contributed by atoms with Crippen molar-refractivity contribution >= 4 is 11.9 Å². The molecule has 2 N–H and O–H groups in total. The smallest absolute Gasteiger partial charge is 0.309 e. The molecule has 0 aromatic heterocycles. The Labute approximate surface area is 217 Å². The summed E-state index contributed by atoms with van der Waals surface area (Å²) in [5.74, 6) is -0.654. The largest absolute Gasteiger partial charge is 0.481 e. The lowest BCUT2D eigenvalue weighted by Crippen LogP contribution is -2.38. The van der Waals surface area contributed by atoms with E-state index in [0.29, 0.717) is 52.7 Å². The summed E-state index contributed by atoms with van der Waals surface area (Å²) >= 11 is 0. The zero-order chi connectivity index (χ0) is 27.1. The van der Waals surface area contributed by atoms with Gasteiger partial charge in [-0.1, -0.05) is 70.3 Å². The highest BCUT2D eigenvalue weighted by atomic mass is 16.5. The Bertz CT molecular complexity index is 636. The Morgan fingerprint density at radius 2 is 1.19 bits per heavy atom. The van der Waals surface area contributed by atoms with Gasteiger partial charge in [-0.05, 0) is 32.2 Å². The maximum Gasteiger partial charge on any atom is 0.309 e. The molecule has 0 aromatic rings. The van der Waals surface area contributed by atoms with E-state index in [1.807, 2.05) is 13.8 Å². The first-order valence-corrected chi connectivity index (χ1v) is 13.4. The number of carboxylic acids is 1. The number of carbonyl (C=O) groups excluding carboxylic acids is 1. The summed E-state index contributed by atoms with van der Waals surface area (Å²) in [4.78, 5) is 26.2. The first-order valence-electron chi connectivity index (χ1n) is 13.4. The second kappa shape index (κ2) is 21.2. The van der Waals surface area contributed by atoms with Crippen molar-refractivity contribution in [3.63, 3.8) is 0 Å². The van der Waals surface area contributed by atoms with Gasteiger partial charge < -0.3 is 24.6 Å². The van der Waals surface area contributed by atoms with Crippen molar-refractivity contribution in [2.75, 3.05) is 52.7 Å². The van der Waals surface area contributed by atoms with Gasteiger partial charge in [-0.2, -0.15) is 0 Å². The first-order chi connectivity index (χ1) is 17.1. The number of nitrogens with one attached hydrogen (secondary N) is 1. The number of carbonyl (C=O) groups is 2. The van der Waals surface area contributed by atoms with Crippen molar-refractivity contribution in [3.8, 4) is 0 Å². The normalized spacial score (nSPS) is 11.8. The number of rotatable bonds is 25. The van der Waals surface area contributed by atoms with Crippen LogP contribution in [-0.2, 0) is 23.8 Å². The predicted octanol–water partition coefficient (Wildman–Crippen LogP) is 5.50. The molecule has 0 aliphatic carbocycles. The summed E-state index contributed by atoms with van der Waals surface area (Å²) < 4.78 is 16.1. The molecular weight excluding hydrogens is 464 g/mol. The van der Waals surface area contributed by atoms with Gasteiger partial charge in [-0.25, -0.2) is 0 Å². The van der Waals surface area contributed by atoms with E-state index in [1.165, 1.54) is 19.3 Å². The predicted molar refractivity (Wildman–Crippen MR) is 141 cm³/mol. The average Bonchev–Trinajstić information content (AvgIpc) is 2.82. The van der Waals surface area contributed by atoms with Crippen LogP contribution in [0.15, 0.2) is 5.11 Å². The van der Waals surface area contributed by atoms with E-state index in [1.54, 1.807) is 13.8 Å². The summed E-state index contributed by atoms with van der Waals surface area (Å²) in [6, 6.07) is 0. The molecule has 0 aliphatic heterocycles. The van der Waals surface area contributed by atoms with Gasteiger partial charge in [0.15, 0.2) is 0 Å². The number of azide groups is 1. The lowest BCUT2D eigenvalue weighted by atomic mass is 9.85. The standard InChI is InChI=1S/C26H50N4O6/c1-25(2,13-11-9-7-5-6-8-10-12-14-26(3,4)24(32)33)23(31)28-15-17-34-19-21-36-22-20-35-18-16-29-30-27/h5-22H2,1-4H3,(H,28,31)(H,32,33). The fourth-order valence-electron chi connectivity index (χ4n) is 3.58. The molecule has 0 bridgehead atoms. The van der Waals surface area contributed by atoms with Crippen molar-refractivity contribution in [1.82, 2.24) is 5.32 Å². The maximum absolute atomic E-state index is 12.5. The number of hydrogen-bond acceptors (Lipinski definition) is 6. The van der Waals surface area contributed by atoms with Crippen LogP contribution in [0.5, 0.6) is 0 Å². The van der Waals surface area contributed by atoms with Crippen molar-refractivity contribution in [2.24, 2.45) is 15.9 Å².